The van der Waals surface area contributed by atoms with E-state index in [1.54, 1.807) is 11.0 Å². The van der Waals surface area contributed by atoms with Crippen LogP contribution in [0.5, 0.6) is 5.75 Å². The number of fused-ring (bicyclic) bond motifs is 1. The number of amides is 2. The van der Waals surface area contributed by atoms with Crippen LogP contribution in [0.1, 0.15) is 41.2 Å². The molecule has 25 heavy (non-hydrogen) atoms. The highest BCUT2D eigenvalue weighted by Crippen LogP contribution is 2.36. The fourth-order valence-electron chi connectivity index (χ4n) is 3.66. The molecule has 1 aromatic carbocycles. The summed E-state index contributed by atoms with van der Waals surface area (Å²) < 4.78 is 11.4. The van der Waals surface area contributed by atoms with Gasteiger partial charge >= 0.3 is 6.03 Å². The minimum absolute atomic E-state index is 0.0539. The third-order valence-electron chi connectivity index (χ3n) is 4.98. The lowest BCUT2D eigenvalue weighted by molar-refractivity contribution is -0.0266. The molecule has 6 heteroatoms. The number of hydrogen-bond acceptors (Lipinski definition) is 4. The van der Waals surface area contributed by atoms with Gasteiger partial charge < -0.3 is 24.5 Å². The standard InChI is InChI=1S/C19H22N2O4/c1-12-5-8-17(25-12)18-11-21(9-10-24-18)19(23)20-15-7-6-14-13(15)3-2-4-16(14)22/h2-5,8,15,18,22H,6-7,9-11H2,1H3,(H,20,23)/t15-,18-/m1/s1. The average Bonchev–Trinajstić information content (AvgIpc) is 3.23. The number of hydrogen-bond donors (Lipinski definition) is 2. The number of morpholine rings is 1. The SMILES string of the molecule is Cc1ccc([C@H]2CN(C(=O)N[C@@H]3CCc4c(O)cccc43)CCO2)o1. The van der Waals surface area contributed by atoms with Gasteiger partial charge in [-0.15, -0.1) is 0 Å². The first-order chi connectivity index (χ1) is 12.1. The number of phenols is 1. The number of ether oxygens (including phenoxy) is 1. The van der Waals surface area contributed by atoms with E-state index < -0.39 is 0 Å². The largest absolute Gasteiger partial charge is 0.508 e. The Morgan fingerprint density at radius 1 is 1.32 bits per heavy atom. The first kappa shape index (κ1) is 16.0. The van der Waals surface area contributed by atoms with E-state index in [-0.39, 0.29) is 18.2 Å². The second-order valence-corrected chi connectivity index (χ2v) is 6.64. The molecule has 2 aliphatic rings. The lowest BCUT2D eigenvalue weighted by atomic mass is 10.1. The van der Waals surface area contributed by atoms with Crippen molar-refractivity contribution in [3.05, 3.63) is 53.0 Å². The Morgan fingerprint density at radius 3 is 3.00 bits per heavy atom. The minimum atomic E-state index is -0.229. The van der Waals surface area contributed by atoms with E-state index in [1.807, 2.05) is 31.2 Å². The van der Waals surface area contributed by atoms with Gasteiger partial charge in [0.15, 0.2) is 0 Å². The normalized spacial score (nSPS) is 22.7. The van der Waals surface area contributed by atoms with Gasteiger partial charge in [0, 0.05) is 6.54 Å². The maximum absolute atomic E-state index is 12.7. The van der Waals surface area contributed by atoms with Gasteiger partial charge in [-0.2, -0.15) is 0 Å². The summed E-state index contributed by atoms with van der Waals surface area (Å²) in [5.41, 5.74) is 1.96. The Bertz CT molecular complexity index is 785. The monoisotopic (exact) mass is 342 g/mol. The second kappa shape index (κ2) is 6.44. The zero-order valence-electron chi connectivity index (χ0n) is 14.2. The summed E-state index contributed by atoms with van der Waals surface area (Å²) in [4.78, 5) is 14.5. The zero-order valence-corrected chi connectivity index (χ0v) is 14.2. The molecule has 0 unspecified atom stereocenters. The van der Waals surface area contributed by atoms with Crippen molar-refractivity contribution in [1.82, 2.24) is 10.2 Å². The van der Waals surface area contributed by atoms with Crippen LogP contribution >= 0.6 is 0 Å². The van der Waals surface area contributed by atoms with Crippen LogP contribution in [0.25, 0.3) is 0 Å². The molecule has 0 saturated carbocycles. The Kier molecular flexibility index (Phi) is 4.13. The third kappa shape index (κ3) is 3.09. The molecule has 0 bridgehead atoms. The molecule has 1 saturated heterocycles. The molecule has 2 atom stereocenters. The number of rotatable bonds is 2. The summed E-state index contributed by atoms with van der Waals surface area (Å²) in [5.74, 6) is 1.91. The Hall–Kier alpha value is -2.47. The number of benzene rings is 1. The maximum Gasteiger partial charge on any atom is 0.318 e. The van der Waals surface area contributed by atoms with E-state index in [0.717, 1.165) is 35.5 Å². The predicted octanol–water partition coefficient (Wildman–Crippen LogP) is 3.06. The topological polar surface area (TPSA) is 74.9 Å². The molecule has 4 rings (SSSR count). The molecule has 1 aromatic heterocycles. The van der Waals surface area contributed by atoms with Crippen LogP contribution < -0.4 is 5.32 Å². The summed E-state index contributed by atoms with van der Waals surface area (Å²) in [6.45, 7) is 3.41. The van der Waals surface area contributed by atoms with Crippen LogP contribution in [-0.2, 0) is 11.2 Å². The number of aromatic hydroxyl groups is 1. The molecular weight excluding hydrogens is 320 g/mol. The number of nitrogens with zero attached hydrogens (tertiary/aromatic N) is 1. The first-order valence-corrected chi connectivity index (χ1v) is 8.66. The molecule has 2 amide bonds. The van der Waals surface area contributed by atoms with Crippen molar-refractivity contribution in [3.8, 4) is 5.75 Å². The Balaban J connectivity index is 1.43. The van der Waals surface area contributed by atoms with Crippen LogP contribution in [-0.4, -0.2) is 35.7 Å². The van der Waals surface area contributed by atoms with Gasteiger partial charge in [0.2, 0.25) is 0 Å². The van der Waals surface area contributed by atoms with E-state index in [4.69, 9.17) is 9.15 Å². The van der Waals surface area contributed by atoms with Crippen molar-refractivity contribution in [2.75, 3.05) is 19.7 Å². The van der Waals surface area contributed by atoms with E-state index in [1.165, 1.54) is 0 Å². The molecule has 6 nitrogen and oxygen atoms in total. The number of carbonyl (C=O) groups is 1. The number of aryl methyl sites for hydroxylation is 1. The predicted molar refractivity (Wildman–Crippen MR) is 91.4 cm³/mol. The van der Waals surface area contributed by atoms with Crippen molar-refractivity contribution in [2.45, 2.75) is 31.9 Å². The quantitative estimate of drug-likeness (QED) is 0.879. The molecule has 1 aliphatic carbocycles. The molecule has 2 N–H and O–H groups in total. The lowest BCUT2D eigenvalue weighted by Crippen LogP contribution is -2.47. The molecule has 2 aromatic rings. The van der Waals surface area contributed by atoms with Gasteiger partial charge in [0.25, 0.3) is 0 Å². The van der Waals surface area contributed by atoms with Gasteiger partial charge in [-0.05, 0) is 49.1 Å². The van der Waals surface area contributed by atoms with E-state index >= 15 is 0 Å². The zero-order chi connectivity index (χ0) is 17.4. The highest BCUT2D eigenvalue weighted by atomic mass is 16.5. The van der Waals surface area contributed by atoms with Gasteiger partial charge in [0.1, 0.15) is 23.4 Å². The highest BCUT2D eigenvalue weighted by Gasteiger charge is 2.31. The number of nitrogens with one attached hydrogen (secondary N) is 1. The van der Waals surface area contributed by atoms with Crippen LogP contribution in [0.4, 0.5) is 4.79 Å². The summed E-state index contributed by atoms with van der Waals surface area (Å²) in [5, 5.41) is 13.0. The van der Waals surface area contributed by atoms with Crippen molar-refractivity contribution in [1.29, 1.82) is 0 Å². The Labute approximate surface area is 146 Å². The summed E-state index contributed by atoms with van der Waals surface area (Å²) in [6.07, 6.45) is 1.36. The Morgan fingerprint density at radius 2 is 2.20 bits per heavy atom. The maximum atomic E-state index is 12.7. The van der Waals surface area contributed by atoms with Gasteiger partial charge in [-0.25, -0.2) is 4.79 Å². The van der Waals surface area contributed by atoms with E-state index in [2.05, 4.69) is 5.32 Å². The molecule has 0 spiro atoms. The van der Waals surface area contributed by atoms with Crippen molar-refractivity contribution < 1.29 is 19.1 Å². The number of carbonyl (C=O) groups excluding carboxylic acids is 1. The van der Waals surface area contributed by atoms with E-state index in [9.17, 15) is 9.90 Å². The molecule has 2 heterocycles. The van der Waals surface area contributed by atoms with Gasteiger partial charge in [-0.1, -0.05) is 12.1 Å². The fourth-order valence-corrected chi connectivity index (χ4v) is 3.66. The van der Waals surface area contributed by atoms with Crippen LogP contribution in [0.2, 0.25) is 0 Å². The van der Waals surface area contributed by atoms with Crippen LogP contribution in [0.15, 0.2) is 34.7 Å². The first-order valence-electron chi connectivity index (χ1n) is 8.66. The van der Waals surface area contributed by atoms with Crippen molar-refractivity contribution in [3.63, 3.8) is 0 Å². The van der Waals surface area contributed by atoms with Crippen LogP contribution in [0.3, 0.4) is 0 Å². The number of urea groups is 1. The summed E-state index contributed by atoms with van der Waals surface area (Å²) in [7, 11) is 0. The van der Waals surface area contributed by atoms with Crippen molar-refractivity contribution in [2.24, 2.45) is 0 Å². The molecule has 1 aliphatic heterocycles. The lowest BCUT2D eigenvalue weighted by Gasteiger charge is -2.33. The number of phenolic OH excluding ortho intramolecular Hbond substituents is 1. The third-order valence-corrected chi connectivity index (χ3v) is 4.98. The molecular formula is C19H22N2O4. The fraction of sp³-hybridized carbons (Fsp3) is 0.421. The highest BCUT2D eigenvalue weighted by molar-refractivity contribution is 5.75. The second-order valence-electron chi connectivity index (χ2n) is 6.64. The molecule has 132 valence electrons. The smallest absolute Gasteiger partial charge is 0.318 e. The minimum Gasteiger partial charge on any atom is -0.508 e. The molecule has 1 fully saturated rings. The van der Waals surface area contributed by atoms with Gasteiger partial charge in [0.05, 0.1) is 19.2 Å². The molecule has 0 radical (unpaired) electrons. The summed E-state index contributed by atoms with van der Waals surface area (Å²) in [6, 6.07) is 9.14. The average molecular weight is 342 g/mol. The van der Waals surface area contributed by atoms with Crippen molar-refractivity contribution >= 4 is 6.03 Å². The van der Waals surface area contributed by atoms with Gasteiger partial charge in [-0.3, -0.25) is 0 Å². The summed E-state index contributed by atoms with van der Waals surface area (Å²) >= 11 is 0. The number of furan rings is 1. The van der Waals surface area contributed by atoms with E-state index in [0.29, 0.717) is 25.4 Å². The van der Waals surface area contributed by atoms with Crippen LogP contribution in [0, 0.1) is 6.92 Å².